The SMILES string of the molecule is COCCOCC(O)CNCC(F)(F)CO. The number of aliphatic hydroxyl groups is 2. The van der Waals surface area contributed by atoms with Gasteiger partial charge in [0.05, 0.1) is 32.5 Å². The van der Waals surface area contributed by atoms with E-state index in [-0.39, 0.29) is 13.2 Å². The van der Waals surface area contributed by atoms with Gasteiger partial charge in [-0.2, -0.15) is 0 Å². The monoisotopic (exact) mass is 243 g/mol. The van der Waals surface area contributed by atoms with Crippen molar-refractivity contribution in [3.05, 3.63) is 0 Å². The minimum Gasteiger partial charge on any atom is -0.390 e. The van der Waals surface area contributed by atoms with Gasteiger partial charge < -0.3 is 25.0 Å². The fourth-order valence-corrected chi connectivity index (χ4v) is 0.898. The van der Waals surface area contributed by atoms with E-state index in [1.54, 1.807) is 0 Å². The second-order valence-corrected chi connectivity index (χ2v) is 3.37. The Balaban J connectivity index is 3.40. The summed E-state index contributed by atoms with van der Waals surface area (Å²) < 4.78 is 34.7. The normalized spacial score (nSPS) is 14.1. The predicted molar refractivity (Wildman–Crippen MR) is 53.6 cm³/mol. The molecule has 0 aliphatic heterocycles. The molecule has 0 fully saturated rings. The molecule has 0 radical (unpaired) electrons. The number of halogens is 2. The van der Waals surface area contributed by atoms with Gasteiger partial charge in [-0.3, -0.25) is 0 Å². The van der Waals surface area contributed by atoms with Crippen molar-refractivity contribution in [1.29, 1.82) is 0 Å². The van der Waals surface area contributed by atoms with Crippen LogP contribution in [0.15, 0.2) is 0 Å². The molecule has 0 amide bonds. The van der Waals surface area contributed by atoms with Crippen LogP contribution in [0.25, 0.3) is 0 Å². The number of hydrogen-bond acceptors (Lipinski definition) is 5. The van der Waals surface area contributed by atoms with Crippen LogP contribution in [0.5, 0.6) is 0 Å². The fraction of sp³-hybridized carbons (Fsp3) is 1.00. The molecule has 16 heavy (non-hydrogen) atoms. The zero-order valence-electron chi connectivity index (χ0n) is 9.29. The van der Waals surface area contributed by atoms with E-state index in [1.807, 2.05) is 0 Å². The zero-order valence-corrected chi connectivity index (χ0v) is 9.29. The summed E-state index contributed by atoms with van der Waals surface area (Å²) >= 11 is 0. The number of hydrogen-bond donors (Lipinski definition) is 3. The lowest BCUT2D eigenvalue weighted by molar-refractivity contribution is -0.0506. The summed E-state index contributed by atoms with van der Waals surface area (Å²) in [7, 11) is 1.53. The van der Waals surface area contributed by atoms with Crippen molar-refractivity contribution in [1.82, 2.24) is 5.32 Å². The summed E-state index contributed by atoms with van der Waals surface area (Å²) in [6, 6.07) is 0. The Hall–Kier alpha value is -0.340. The van der Waals surface area contributed by atoms with E-state index in [0.29, 0.717) is 13.2 Å². The van der Waals surface area contributed by atoms with E-state index in [4.69, 9.17) is 14.6 Å². The third-order valence-electron chi connectivity index (χ3n) is 1.74. The smallest absolute Gasteiger partial charge is 0.282 e. The summed E-state index contributed by atoms with van der Waals surface area (Å²) in [6.07, 6.45) is -0.855. The summed E-state index contributed by atoms with van der Waals surface area (Å²) in [6.45, 7) is -1.06. The molecular formula is C9H19F2NO4. The number of methoxy groups -OCH3 is 1. The number of nitrogens with one attached hydrogen (secondary N) is 1. The molecule has 3 N–H and O–H groups in total. The molecule has 0 aliphatic carbocycles. The van der Waals surface area contributed by atoms with Gasteiger partial charge in [0.2, 0.25) is 0 Å². The van der Waals surface area contributed by atoms with E-state index in [9.17, 15) is 13.9 Å². The Morgan fingerprint density at radius 2 is 2.06 bits per heavy atom. The number of ether oxygens (including phenoxy) is 2. The molecule has 0 aliphatic rings. The summed E-state index contributed by atoms with van der Waals surface area (Å²) in [5, 5.41) is 19.9. The molecule has 5 nitrogen and oxygen atoms in total. The lowest BCUT2D eigenvalue weighted by Crippen LogP contribution is -2.40. The molecule has 0 saturated carbocycles. The quantitative estimate of drug-likeness (QED) is 0.439. The van der Waals surface area contributed by atoms with Crippen LogP contribution in [-0.4, -0.2) is 68.9 Å². The van der Waals surface area contributed by atoms with Crippen molar-refractivity contribution in [3.63, 3.8) is 0 Å². The summed E-state index contributed by atoms with van der Waals surface area (Å²) in [4.78, 5) is 0. The van der Waals surface area contributed by atoms with E-state index in [1.165, 1.54) is 7.11 Å². The highest BCUT2D eigenvalue weighted by Crippen LogP contribution is 2.09. The maximum atomic E-state index is 12.5. The van der Waals surface area contributed by atoms with Gasteiger partial charge in [-0.1, -0.05) is 0 Å². The fourth-order valence-electron chi connectivity index (χ4n) is 0.898. The maximum Gasteiger partial charge on any atom is 0.282 e. The Morgan fingerprint density at radius 3 is 2.62 bits per heavy atom. The summed E-state index contributed by atoms with van der Waals surface area (Å²) in [5.74, 6) is -3.16. The van der Waals surface area contributed by atoms with Gasteiger partial charge in [0.25, 0.3) is 5.92 Å². The first kappa shape index (κ1) is 15.7. The second kappa shape index (κ2) is 8.77. The second-order valence-electron chi connectivity index (χ2n) is 3.37. The largest absolute Gasteiger partial charge is 0.390 e. The zero-order chi connectivity index (χ0) is 12.4. The van der Waals surface area contributed by atoms with Gasteiger partial charge in [-0.25, -0.2) is 8.78 Å². The summed E-state index contributed by atoms with van der Waals surface area (Å²) in [5.41, 5.74) is 0. The number of aliphatic hydroxyl groups excluding tert-OH is 2. The molecule has 0 heterocycles. The molecule has 7 heteroatoms. The van der Waals surface area contributed by atoms with Crippen molar-refractivity contribution < 1.29 is 28.5 Å². The molecule has 0 saturated heterocycles. The van der Waals surface area contributed by atoms with Crippen molar-refractivity contribution in [2.75, 3.05) is 46.6 Å². The van der Waals surface area contributed by atoms with E-state index in [0.717, 1.165) is 0 Å². The highest BCUT2D eigenvalue weighted by atomic mass is 19.3. The molecule has 0 aromatic carbocycles. The molecule has 0 spiro atoms. The van der Waals surface area contributed by atoms with Gasteiger partial charge in [-0.15, -0.1) is 0 Å². The lowest BCUT2D eigenvalue weighted by Gasteiger charge is -2.16. The lowest BCUT2D eigenvalue weighted by atomic mass is 10.3. The van der Waals surface area contributed by atoms with Crippen LogP contribution < -0.4 is 5.32 Å². The van der Waals surface area contributed by atoms with Gasteiger partial charge in [0, 0.05) is 13.7 Å². The first-order valence-corrected chi connectivity index (χ1v) is 4.96. The molecule has 98 valence electrons. The molecular weight excluding hydrogens is 224 g/mol. The number of rotatable bonds is 10. The minimum absolute atomic E-state index is 0.0113. The predicted octanol–water partition coefficient (Wildman–Crippen LogP) is -0.772. The van der Waals surface area contributed by atoms with Crippen LogP contribution in [0.2, 0.25) is 0 Å². The third kappa shape index (κ3) is 8.93. The molecule has 0 aromatic heterocycles. The van der Waals surface area contributed by atoms with Gasteiger partial charge in [0.15, 0.2) is 0 Å². The van der Waals surface area contributed by atoms with Gasteiger partial charge in [-0.05, 0) is 0 Å². The Kier molecular flexibility index (Phi) is 8.58. The Morgan fingerprint density at radius 1 is 1.38 bits per heavy atom. The van der Waals surface area contributed by atoms with Crippen LogP contribution >= 0.6 is 0 Å². The van der Waals surface area contributed by atoms with Crippen LogP contribution in [0.3, 0.4) is 0 Å². The standard InChI is InChI=1S/C9H19F2NO4/c1-15-2-3-16-5-8(14)4-12-6-9(10,11)7-13/h8,12-14H,2-7H2,1H3. The highest BCUT2D eigenvalue weighted by Gasteiger charge is 2.27. The van der Waals surface area contributed by atoms with Crippen molar-refractivity contribution >= 4 is 0 Å². The van der Waals surface area contributed by atoms with Gasteiger partial charge in [0.1, 0.15) is 6.61 Å². The first-order chi connectivity index (χ1) is 7.52. The first-order valence-electron chi connectivity index (χ1n) is 4.96. The van der Waals surface area contributed by atoms with Crippen LogP contribution in [0.1, 0.15) is 0 Å². The van der Waals surface area contributed by atoms with Crippen LogP contribution in [0.4, 0.5) is 8.78 Å². The third-order valence-corrected chi connectivity index (χ3v) is 1.74. The van der Waals surface area contributed by atoms with Crippen LogP contribution in [-0.2, 0) is 9.47 Å². The average molecular weight is 243 g/mol. The number of alkyl halides is 2. The van der Waals surface area contributed by atoms with Crippen molar-refractivity contribution in [2.45, 2.75) is 12.0 Å². The molecule has 1 atom stereocenters. The molecule has 0 aromatic rings. The molecule has 1 unspecified atom stereocenters. The average Bonchev–Trinajstić information content (AvgIpc) is 2.24. The van der Waals surface area contributed by atoms with E-state index in [2.05, 4.69) is 5.32 Å². The topological polar surface area (TPSA) is 71.0 Å². The van der Waals surface area contributed by atoms with Crippen molar-refractivity contribution in [2.24, 2.45) is 0 Å². The Labute approximate surface area is 93.4 Å². The van der Waals surface area contributed by atoms with E-state index < -0.39 is 25.2 Å². The Bertz CT molecular complexity index is 172. The van der Waals surface area contributed by atoms with Crippen molar-refractivity contribution in [3.8, 4) is 0 Å². The minimum atomic E-state index is -3.16. The molecule has 0 rings (SSSR count). The van der Waals surface area contributed by atoms with Crippen LogP contribution in [0, 0.1) is 0 Å². The van der Waals surface area contributed by atoms with E-state index >= 15 is 0 Å². The highest BCUT2D eigenvalue weighted by molar-refractivity contribution is 4.69. The van der Waals surface area contributed by atoms with Gasteiger partial charge >= 0.3 is 0 Å². The molecule has 0 bridgehead atoms. The maximum absolute atomic E-state index is 12.5.